The highest BCUT2D eigenvalue weighted by Gasteiger charge is 2.12. The Bertz CT molecular complexity index is 349. The first-order valence-corrected chi connectivity index (χ1v) is 9.12. The van der Waals surface area contributed by atoms with Crippen molar-refractivity contribution in [2.24, 2.45) is 0 Å². The molecule has 0 amide bonds. The maximum absolute atomic E-state index is 11.8. The molecule has 4 heteroatoms. The van der Waals surface area contributed by atoms with E-state index in [-0.39, 0.29) is 12.2 Å². The molecule has 0 saturated heterocycles. The summed E-state index contributed by atoms with van der Waals surface area (Å²) in [4.78, 5) is 23.4. The molecule has 0 aromatic rings. The third-order valence-corrected chi connectivity index (χ3v) is 3.66. The van der Waals surface area contributed by atoms with Gasteiger partial charge in [-0.05, 0) is 32.6 Å². The first-order valence-electron chi connectivity index (χ1n) is 9.12. The summed E-state index contributed by atoms with van der Waals surface area (Å²) >= 11 is 0. The summed E-state index contributed by atoms with van der Waals surface area (Å²) in [6.07, 6.45) is 11.2. The summed E-state index contributed by atoms with van der Waals surface area (Å²) in [6, 6.07) is 0. The Morgan fingerprint density at radius 1 is 0.783 bits per heavy atom. The summed E-state index contributed by atoms with van der Waals surface area (Å²) in [7, 11) is 0. The summed E-state index contributed by atoms with van der Waals surface area (Å²) in [5.74, 6) is -0.943. The van der Waals surface area contributed by atoms with Crippen LogP contribution in [0.15, 0.2) is 12.2 Å². The molecular weight excluding hydrogens is 292 g/mol. The van der Waals surface area contributed by atoms with Gasteiger partial charge in [0.1, 0.15) is 6.10 Å². The van der Waals surface area contributed by atoms with Crippen LogP contribution in [0.3, 0.4) is 0 Å². The van der Waals surface area contributed by atoms with Crippen LogP contribution in [-0.4, -0.2) is 24.1 Å². The average molecular weight is 326 g/mol. The number of rotatable bonds is 13. The zero-order chi connectivity index (χ0) is 17.5. The highest BCUT2D eigenvalue weighted by atomic mass is 16.5. The molecule has 0 aromatic heterocycles. The molecule has 2 atom stereocenters. The molecule has 0 rings (SSSR count). The van der Waals surface area contributed by atoms with Crippen molar-refractivity contribution in [1.29, 1.82) is 0 Å². The van der Waals surface area contributed by atoms with Crippen LogP contribution in [0.4, 0.5) is 0 Å². The summed E-state index contributed by atoms with van der Waals surface area (Å²) in [6.45, 7) is 8.20. The maximum atomic E-state index is 11.8. The van der Waals surface area contributed by atoms with Crippen LogP contribution in [0, 0.1) is 0 Å². The van der Waals surface area contributed by atoms with Crippen LogP contribution in [0.25, 0.3) is 0 Å². The van der Waals surface area contributed by atoms with Gasteiger partial charge in [0.05, 0.1) is 6.10 Å². The lowest BCUT2D eigenvalue weighted by atomic mass is 10.1. The molecule has 0 N–H and O–H groups in total. The summed E-state index contributed by atoms with van der Waals surface area (Å²) in [5.41, 5.74) is 0. The van der Waals surface area contributed by atoms with E-state index in [0.29, 0.717) is 0 Å². The molecule has 0 aliphatic rings. The fourth-order valence-electron chi connectivity index (χ4n) is 2.33. The van der Waals surface area contributed by atoms with Crippen molar-refractivity contribution in [3.63, 3.8) is 0 Å². The predicted octanol–water partition coefficient (Wildman–Crippen LogP) is 4.96. The van der Waals surface area contributed by atoms with Gasteiger partial charge in [0.25, 0.3) is 0 Å². The first kappa shape index (κ1) is 21.7. The van der Waals surface area contributed by atoms with Crippen molar-refractivity contribution >= 4 is 11.9 Å². The van der Waals surface area contributed by atoms with Crippen molar-refractivity contribution in [2.75, 3.05) is 0 Å². The zero-order valence-corrected chi connectivity index (χ0v) is 15.3. The Balaban J connectivity index is 4.14. The van der Waals surface area contributed by atoms with Gasteiger partial charge in [0, 0.05) is 12.2 Å². The SMILES string of the molecule is CCCCCC(C)OC(=O)/C=C/C(=O)OC(CCC)CCCC. The molecule has 0 heterocycles. The van der Waals surface area contributed by atoms with Crippen molar-refractivity contribution in [3.05, 3.63) is 12.2 Å². The van der Waals surface area contributed by atoms with E-state index in [0.717, 1.165) is 57.8 Å². The number of carbonyl (C=O) groups excluding carboxylic acids is 2. The van der Waals surface area contributed by atoms with Gasteiger partial charge in [0.2, 0.25) is 0 Å². The van der Waals surface area contributed by atoms with Crippen LogP contribution < -0.4 is 0 Å². The Kier molecular flexibility index (Phi) is 13.5. The molecule has 0 aliphatic carbocycles. The lowest BCUT2D eigenvalue weighted by Crippen LogP contribution is -2.17. The van der Waals surface area contributed by atoms with E-state index in [1.54, 1.807) is 0 Å². The van der Waals surface area contributed by atoms with Crippen LogP contribution in [0.5, 0.6) is 0 Å². The number of unbranched alkanes of at least 4 members (excludes halogenated alkanes) is 3. The molecular formula is C19H34O4. The molecule has 4 nitrogen and oxygen atoms in total. The summed E-state index contributed by atoms with van der Waals surface area (Å²) in [5, 5.41) is 0. The van der Waals surface area contributed by atoms with E-state index in [1.165, 1.54) is 12.2 Å². The normalized spacial score (nSPS) is 13.7. The number of carbonyl (C=O) groups is 2. The van der Waals surface area contributed by atoms with Gasteiger partial charge in [0.15, 0.2) is 0 Å². The van der Waals surface area contributed by atoms with E-state index in [9.17, 15) is 9.59 Å². The molecule has 0 spiro atoms. The smallest absolute Gasteiger partial charge is 0.331 e. The fraction of sp³-hybridized carbons (Fsp3) is 0.789. The van der Waals surface area contributed by atoms with E-state index in [2.05, 4.69) is 20.8 Å². The Hall–Kier alpha value is -1.32. The Labute approximate surface area is 141 Å². The second kappa shape index (κ2) is 14.3. The van der Waals surface area contributed by atoms with Gasteiger partial charge in [-0.15, -0.1) is 0 Å². The Morgan fingerprint density at radius 3 is 1.96 bits per heavy atom. The predicted molar refractivity (Wildman–Crippen MR) is 93.1 cm³/mol. The Morgan fingerprint density at radius 2 is 1.39 bits per heavy atom. The fourth-order valence-corrected chi connectivity index (χ4v) is 2.33. The first-order chi connectivity index (χ1) is 11.0. The highest BCUT2D eigenvalue weighted by Crippen LogP contribution is 2.11. The maximum Gasteiger partial charge on any atom is 0.331 e. The molecule has 2 unspecified atom stereocenters. The number of hydrogen-bond donors (Lipinski definition) is 0. The minimum atomic E-state index is -0.480. The molecule has 0 saturated carbocycles. The monoisotopic (exact) mass is 326 g/mol. The number of esters is 2. The van der Waals surface area contributed by atoms with Crippen LogP contribution in [0.1, 0.15) is 85.5 Å². The van der Waals surface area contributed by atoms with E-state index >= 15 is 0 Å². The largest absolute Gasteiger partial charge is 0.460 e. The zero-order valence-electron chi connectivity index (χ0n) is 15.3. The van der Waals surface area contributed by atoms with Gasteiger partial charge in [-0.1, -0.05) is 52.9 Å². The standard InChI is InChI=1S/C19H34O4/c1-5-8-10-12-16(4)22-18(20)14-15-19(21)23-17(11-7-3)13-9-6-2/h14-17H,5-13H2,1-4H3/b15-14+. The lowest BCUT2D eigenvalue weighted by molar-refractivity contribution is -0.146. The molecule has 0 aliphatic heterocycles. The second-order valence-electron chi connectivity index (χ2n) is 6.07. The van der Waals surface area contributed by atoms with Crippen LogP contribution in [-0.2, 0) is 19.1 Å². The third kappa shape index (κ3) is 12.9. The lowest BCUT2D eigenvalue weighted by Gasteiger charge is -2.15. The molecule has 0 fully saturated rings. The van der Waals surface area contributed by atoms with E-state index < -0.39 is 11.9 Å². The minimum absolute atomic E-state index is 0.0545. The van der Waals surface area contributed by atoms with E-state index in [1.807, 2.05) is 6.92 Å². The van der Waals surface area contributed by atoms with Crippen molar-refractivity contribution in [2.45, 2.75) is 97.7 Å². The molecule has 0 aromatic carbocycles. The molecule has 0 bridgehead atoms. The van der Waals surface area contributed by atoms with Crippen molar-refractivity contribution < 1.29 is 19.1 Å². The second-order valence-corrected chi connectivity index (χ2v) is 6.07. The quantitative estimate of drug-likeness (QED) is 0.273. The van der Waals surface area contributed by atoms with Gasteiger partial charge >= 0.3 is 11.9 Å². The molecule has 0 radical (unpaired) electrons. The van der Waals surface area contributed by atoms with Crippen molar-refractivity contribution in [1.82, 2.24) is 0 Å². The summed E-state index contributed by atoms with van der Waals surface area (Å²) < 4.78 is 10.6. The van der Waals surface area contributed by atoms with Crippen LogP contribution in [0.2, 0.25) is 0 Å². The topological polar surface area (TPSA) is 52.6 Å². The minimum Gasteiger partial charge on any atom is -0.460 e. The number of hydrogen-bond acceptors (Lipinski definition) is 4. The van der Waals surface area contributed by atoms with Gasteiger partial charge in [-0.3, -0.25) is 0 Å². The molecule has 23 heavy (non-hydrogen) atoms. The van der Waals surface area contributed by atoms with Gasteiger partial charge in [-0.2, -0.15) is 0 Å². The van der Waals surface area contributed by atoms with Gasteiger partial charge in [-0.25, -0.2) is 9.59 Å². The van der Waals surface area contributed by atoms with Crippen molar-refractivity contribution in [3.8, 4) is 0 Å². The third-order valence-electron chi connectivity index (χ3n) is 3.66. The molecule has 134 valence electrons. The average Bonchev–Trinajstić information content (AvgIpc) is 2.51. The van der Waals surface area contributed by atoms with Gasteiger partial charge < -0.3 is 9.47 Å². The highest BCUT2D eigenvalue weighted by molar-refractivity contribution is 5.91. The van der Waals surface area contributed by atoms with E-state index in [4.69, 9.17) is 9.47 Å². The van der Waals surface area contributed by atoms with Crippen LogP contribution >= 0.6 is 0 Å². The number of ether oxygens (including phenoxy) is 2.